The van der Waals surface area contributed by atoms with E-state index < -0.39 is 28.3 Å². The van der Waals surface area contributed by atoms with Crippen molar-refractivity contribution in [2.75, 3.05) is 11.9 Å². The summed E-state index contributed by atoms with van der Waals surface area (Å²) in [6, 6.07) is 0.804. The monoisotopic (exact) mass is 387 g/mol. The Bertz CT molecular complexity index is 853. The van der Waals surface area contributed by atoms with Gasteiger partial charge >= 0.3 is 5.97 Å². The number of aromatic nitrogens is 4. The van der Waals surface area contributed by atoms with Crippen molar-refractivity contribution in [1.29, 1.82) is 0 Å². The number of carbonyl (C=O) groups is 2. The van der Waals surface area contributed by atoms with Crippen molar-refractivity contribution in [2.45, 2.75) is 6.92 Å². The third-order valence-corrected chi connectivity index (χ3v) is 3.50. The summed E-state index contributed by atoms with van der Waals surface area (Å²) in [5.74, 6) is -2.33. The molecule has 2 heterocycles. The molecular formula is C14H12Cl2FN5O3. The number of nitrogens with zero attached hydrogens (tertiary/aromatic N) is 4. The van der Waals surface area contributed by atoms with Crippen LogP contribution >= 0.6 is 23.2 Å². The molecule has 0 radical (unpaired) electrons. The first-order chi connectivity index (χ1) is 11.8. The van der Waals surface area contributed by atoms with Gasteiger partial charge in [0.05, 0.1) is 18.4 Å². The smallest absolute Gasteiger partial charge is 0.343 e. The molecule has 0 aliphatic rings. The van der Waals surface area contributed by atoms with Crippen LogP contribution in [0.2, 0.25) is 10.3 Å². The van der Waals surface area contributed by atoms with Gasteiger partial charge in [-0.2, -0.15) is 0 Å². The van der Waals surface area contributed by atoms with Gasteiger partial charge in [-0.25, -0.2) is 18.9 Å². The molecule has 0 fully saturated rings. The quantitative estimate of drug-likeness (QED) is 0.203. The van der Waals surface area contributed by atoms with E-state index in [4.69, 9.17) is 27.9 Å². The molecule has 132 valence electrons. The zero-order valence-corrected chi connectivity index (χ0v) is 14.6. The lowest BCUT2D eigenvalue weighted by Gasteiger charge is -2.09. The molecule has 0 aromatic carbocycles. The Hall–Kier alpha value is -2.52. The van der Waals surface area contributed by atoms with Gasteiger partial charge in [-0.1, -0.05) is 28.4 Å². The summed E-state index contributed by atoms with van der Waals surface area (Å²) in [7, 11) is 1.60. The zero-order valence-electron chi connectivity index (χ0n) is 13.1. The van der Waals surface area contributed by atoms with E-state index >= 15 is 0 Å². The van der Waals surface area contributed by atoms with Gasteiger partial charge in [0.2, 0.25) is 5.78 Å². The Morgan fingerprint density at radius 2 is 2.12 bits per heavy atom. The second-order valence-corrected chi connectivity index (χ2v) is 5.31. The predicted molar refractivity (Wildman–Crippen MR) is 87.9 cm³/mol. The van der Waals surface area contributed by atoms with Crippen molar-refractivity contribution in [3.8, 4) is 0 Å². The first-order valence-electron chi connectivity index (χ1n) is 6.89. The molecule has 0 amide bonds. The Balaban J connectivity index is 2.41. The molecule has 1 N–H and O–H groups in total. The van der Waals surface area contributed by atoms with E-state index in [0.29, 0.717) is 5.82 Å². The molecular weight excluding hydrogens is 376 g/mol. The summed E-state index contributed by atoms with van der Waals surface area (Å²) in [6.45, 7) is 1.62. The Morgan fingerprint density at radius 1 is 1.40 bits per heavy atom. The molecule has 0 aliphatic heterocycles. The Labute approximate surface area is 151 Å². The molecule has 2 rings (SSSR count). The van der Waals surface area contributed by atoms with Crippen LogP contribution in [0.25, 0.3) is 0 Å². The number of nitrogens with one attached hydrogen (secondary N) is 1. The van der Waals surface area contributed by atoms with Gasteiger partial charge in [-0.15, -0.1) is 5.10 Å². The first-order valence-corrected chi connectivity index (χ1v) is 7.65. The molecule has 0 saturated heterocycles. The topological polar surface area (TPSA) is 99.0 Å². The normalized spacial score (nSPS) is 11.3. The average molecular weight is 388 g/mol. The van der Waals surface area contributed by atoms with Crippen molar-refractivity contribution in [3.05, 3.63) is 45.7 Å². The second kappa shape index (κ2) is 8.04. The van der Waals surface area contributed by atoms with E-state index in [0.717, 1.165) is 12.3 Å². The van der Waals surface area contributed by atoms with Crippen molar-refractivity contribution in [3.63, 3.8) is 0 Å². The molecule has 0 atom stereocenters. The summed E-state index contributed by atoms with van der Waals surface area (Å²) in [5, 5.41) is 9.21. The minimum Gasteiger partial charge on any atom is -0.462 e. The zero-order chi connectivity index (χ0) is 18.6. The summed E-state index contributed by atoms with van der Waals surface area (Å²) in [5.41, 5.74) is -0.735. The van der Waals surface area contributed by atoms with Crippen molar-refractivity contribution < 1.29 is 18.7 Å². The summed E-state index contributed by atoms with van der Waals surface area (Å²) >= 11 is 11.4. The van der Waals surface area contributed by atoms with Crippen LogP contribution in [0.3, 0.4) is 0 Å². The SMILES string of the molecule is CCOC(=O)C(=CNc1cnnn1C)C(=O)c1cc(F)c(Cl)nc1Cl. The first kappa shape index (κ1) is 18.8. The van der Waals surface area contributed by atoms with E-state index in [1.807, 2.05) is 0 Å². The van der Waals surface area contributed by atoms with Crippen LogP contribution in [-0.4, -0.2) is 38.3 Å². The summed E-state index contributed by atoms with van der Waals surface area (Å²) in [4.78, 5) is 28.2. The van der Waals surface area contributed by atoms with Crippen molar-refractivity contribution in [2.24, 2.45) is 7.05 Å². The number of Topliss-reactive ketones (excluding diaryl/α,β-unsaturated/α-hetero) is 1. The standard InChI is InChI=1S/C14H12Cl2FN5O3/c1-3-25-14(24)8(5-18-10-6-19-21-22(10)2)11(23)7-4-9(17)13(16)20-12(7)15/h4-6,18H,3H2,1-2H3. The van der Waals surface area contributed by atoms with Crippen LogP contribution in [0.15, 0.2) is 24.0 Å². The Kier molecular flexibility index (Phi) is 6.05. The van der Waals surface area contributed by atoms with E-state index in [2.05, 4.69) is 20.6 Å². The highest BCUT2D eigenvalue weighted by molar-refractivity contribution is 6.37. The number of hydrogen-bond acceptors (Lipinski definition) is 7. The van der Waals surface area contributed by atoms with Gasteiger partial charge in [0, 0.05) is 13.2 Å². The maximum Gasteiger partial charge on any atom is 0.343 e. The number of halogens is 3. The average Bonchev–Trinajstić information content (AvgIpc) is 2.96. The molecule has 0 bridgehead atoms. The fourth-order valence-electron chi connectivity index (χ4n) is 1.74. The van der Waals surface area contributed by atoms with E-state index in [9.17, 15) is 14.0 Å². The Morgan fingerprint density at radius 3 is 2.72 bits per heavy atom. The third kappa shape index (κ3) is 4.31. The number of hydrogen-bond donors (Lipinski definition) is 1. The van der Waals surface area contributed by atoms with Crippen LogP contribution in [0.4, 0.5) is 10.2 Å². The van der Waals surface area contributed by atoms with E-state index in [-0.39, 0.29) is 17.3 Å². The lowest BCUT2D eigenvalue weighted by Crippen LogP contribution is -2.18. The largest absolute Gasteiger partial charge is 0.462 e. The molecule has 25 heavy (non-hydrogen) atoms. The van der Waals surface area contributed by atoms with Crippen LogP contribution < -0.4 is 5.32 Å². The number of carbonyl (C=O) groups excluding carboxylic acids is 2. The maximum atomic E-state index is 13.6. The predicted octanol–water partition coefficient (Wildman–Crippen LogP) is 2.40. The molecule has 0 unspecified atom stereocenters. The fourth-order valence-corrected chi connectivity index (χ4v) is 2.15. The van der Waals surface area contributed by atoms with Gasteiger partial charge in [0.15, 0.2) is 11.0 Å². The van der Waals surface area contributed by atoms with Gasteiger partial charge in [0.1, 0.15) is 16.5 Å². The number of aryl methyl sites for hydroxylation is 1. The summed E-state index contributed by atoms with van der Waals surface area (Å²) < 4.78 is 19.8. The number of pyridine rings is 1. The minimum absolute atomic E-state index is 0.0394. The van der Waals surface area contributed by atoms with Crippen molar-refractivity contribution >= 4 is 40.8 Å². The highest BCUT2D eigenvalue weighted by Gasteiger charge is 2.25. The van der Waals surface area contributed by atoms with Crippen LogP contribution in [-0.2, 0) is 16.6 Å². The number of ketones is 1. The lowest BCUT2D eigenvalue weighted by molar-refractivity contribution is -0.138. The highest BCUT2D eigenvalue weighted by Crippen LogP contribution is 2.23. The minimum atomic E-state index is -0.943. The molecule has 8 nitrogen and oxygen atoms in total. The van der Waals surface area contributed by atoms with Crippen LogP contribution in [0, 0.1) is 5.82 Å². The molecule has 2 aromatic rings. The molecule has 11 heteroatoms. The van der Waals surface area contributed by atoms with Gasteiger partial charge in [-0.3, -0.25) is 4.79 Å². The van der Waals surface area contributed by atoms with E-state index in [1.54, 1.807) is 14.0 Å². The van der Waals surface area contributed by atoms with Crippen LogP contribution in [0.5, 0.6) is 0 Å². The van der Waals surface area contributed by atoms with E-state index in [1.165, 1.54) is 10.9 Å². The van der Waals surface area contributed by atoms with Crippen molar-refractivity contribution in [1.82, 2.24) is 20.0 Å². The molecule has 0 saturated carbocycles. The number of rotatable bonds is 6. The lowest BCUT2D eigenvalue weighted by atomic mass is 10.1. The fraction of sp³-hybridized carbons (Fsp3) is 0.214. The maximum absolute atomic E-state index is 13.6. The number of anilines is 1. The van der Waals surface area contributed by atoms with Gasteiger partial charge < -0.3 is 10.1 Å². The summed E-state index contributed by atoms with van der Waals surface area (Å²) in [6.07, 6.45) is 2.47. The number of ether oxygens (including phenoxy) is 1. The highest BCUT2D eigenvalue weighted by atomic mass is 35.5. The second-order valence-electron chi connectivity index (χ2n) is 4.59. The number of esters is 1. The molecule has 2 aromatic heterocycles. The van der Waals surface area contributed by atoms with Gasteiger partial charge in [0.25, 0.3) is 0 Å². The van der Waals surface area contributed by atoms with Crippen LogP contribution in [0.1, 0.15) is 17.3 Å². The third-order valence-electron chi connectivity index (χ3n) is 2.95. The molecule has 0 spiro atoms. The van der Waals surface area contributed by atoms with Gasteiger partial charge in [-0.05, 0) is 13.0 Å². The molecule has 0 aliphatic carbocycles.